The summed E-state index contributed by atoms with van der Waals surface area (Å²) in [7, 11) is 0. The highest BCUT2D eigenvalue weighted by Gasteiger charge is 2.40. The first-order valence-electron chi connectivity index (χ1n) is 8.81. The van der Waals surface area contributed by atoms with Gasteiger partial charge in [-0.2, -0.15) is 0 Å². The Balaban J connectivity index is 1.67. The van der Waals surface area contributed by atoms with Crippen LogP contribution in [0.2, 0.25) is 0 Å². The van der Waals surface area contributed by atoms with Gasteiger partial charge in [-0.15, -0.1) is 13.2 Å². The van der Waals surface area contributed by atoms with Crippen LogP contribution in [0.25, 0.3) is 0 Å². The Morgan fingerprint density at radius 1 is 1.33 bits per heavy atom. The van der Waals surface area contributed by atoms with Gasteiger partial charge in [0.2, 0.25) is 5.91 Å². The number of rotatable bonds is 3. The highest BCUT2D eigenvalue weighted by molar-refractivity contribution is 8.04. The van der Waals surface area contributed by atoms with Crippen LogP contribution in [0.4, 0.5) is 18.9 Å². The molecule has 30 heavy (non-hydrogen) atoms. The fraction of sp³-hybridized carbons (Fsp3) is 0.211. The summed E-state index contributed by atoms with van der Waals surface area (Å²) < 4.78 is 41.5. The molecule has 0 saturated heterocycles. The van der Waals surface area contributed by atoms with Gasteiger partial charge in [0.15, 0.2) is 0 Å². The van der Waals surface area contributed by atoms with Crippen LogP contribution in [0.15, 0.2) is 58.1 Å². The van der Waals surface area contributed by atoms with Gasteiger partial charge >= 0.3 is 6.36 Å². The molecule has 1 aromatic heterocycles. The molecular formula is C19H15F3N4O3S. The topological polar surface area (TPSA) is 83.6 Å². The number of ether oxygens (including phenoxy) is 1. The number of fused-ring (bicyclic) bond motifs is 1. The van der Waals surface area contributed by atoms with E-state index in [0.717, 1.165) is 11.8 Å². The average Bonchev–Trinajstić information content (AvgIpc) is 2.68. The molecule has 0 saturated carbocycles. The van der Waals surface area contributed by atoms with Crippen LogP contribution in [0, 0.1) is 0 Å². The number of hydrazine groups is 1. The number of nitrogens with one attached hydrogen (secondary N) is 2. The van der Waals surface area contributed by atoms with Crippen LogP contribution >= 0.6 is 11.8 Å². The summed E-state index contributed by atoms with van der Waals surface area (Å²) in [6.45, 7) is 1.29. The Morgan fingerprint density at radius 2 is 2.13 bits per heavy atom. The van der Waals surface area contributed by atoms with Crippen molar-refractivity contribution in [1.29, 1.82) is 0 Å². The van der Waals surface area contributed by atoms with Gasteiger partial charge < -0.3 is 10.1 Å². The van der Waals surface area contributed by atoms with Crippen molar-refractivity contribution in [2.24, 2.45) is 0 Å². The van der Waals surface area contributed by atoms with Crippen molar-refractivity contribution in [3.63, 3.8) is 0 Å². The number of benzene rings is 1. The van der Waals surface area contributed by atoms with Crippen LogP contribution in [0.3, 0.4) is 0 Å². The van der Waals surface area contributed by atoms with Gasteiger partial charge in [0.25, 0.3) is 5.91 Å². The minimum atomic E-state index is -4.82. The summed E-state index contributed by atoms with van der Waals surface area (Å²) in [4.78, 5) is 29.8. The maximum absolute atomic E-state index is 13.2. The molecule has 4 rings (SSSR count). The van der Waals surface area contributed by atoms with Crippen molar-refractivity contribution in [1.82, 2.24) is 15.4 Å². The van der Waals surface area contributed by atoms with E-state index in [1.54, 1.807) is 24.4 Å². The number of anilines is 1. The number of hydrogen-bond donors (Lipinski definition) is 2. The molecule has 1 aromatic carbocycles. The summed E-state index contributed by atoms with van der Waals surface area (Å²) in [5.74, 6) is -1.29. The van der Waals surface area contributed by atoms with Crippen molar-refractivity contribution in [3.8, 4) is 5.75 Å². The van der Waals surface area contributed by atoms with E-state index in [1.807, 2.05) is 0 Å². The van der Waals surface area contributed by atoms with Crippen LogP contribution in [0.1, 0.15) is 25.1 Å². The van der Waals surface area contributed by atoms with Crippen LogP contribution in [-0.4, -0.2) is 28.2 Å². The zero-order valence-corrected chi connectivity index (χ0v) is 16.3. The third-order valence-corrected chi connectivity index (χ3v) is 5.57. The zero-order valence-electron chi connectivity index (χ0n) is 15.5. The Hall–Kier alpha value is -3.21. The van der Waals surface area contributed by atoms with Crippen LogP contribution in [-0.2, 0) is 9.59 Å². The van der Waals surface area contributed by atoms with Crippen molar-refractivity contribution < 1.29 is 27.5 Å². The highest BCUT2D eigenvalue weighted by atomic mass is 32.2. The van der Waals surface area contributed by atoms with Crippen molar-refractivity contribution >= 4 is 29.3 Å². The second kappa shape index (κ2) is 7.56. The number of amides is 2. The normalized spacial score (nSPS) is 18.3. The number of nitrogens with zero attached hydrogens (tertiary/aromatic N) is 2. The van der Waals surface area contributed by atoms with Crippen molar-refractivity contribution in [2.75, 3.05) is 5.32 Å². The number of pyridine rings is 1. The van der Waals surface area contributed by atoms with Crippen molar-refractivity contribution in [3.05, 3.63) is 58.9 Å². The minimum Gasteiger partial charge on any atom is -0.406 e. The number of halogens is 3. The van der Waals surface area contributed by atoms with Gasteiger partial charge in [-0.25, -0.2) is 5.01 Å². The summed E-state index contributed by atoms with van der Waals surface area (Å²) in [5, 5.41) is 4.33. The quantitative estimate of drug-likeness (QED) is 0.763. The predicted molar refractivity (Wildman–Crippen MR) is 102 cm³/mol. The van der Waals surface area contributed by atoms with Crippen molar-refractivity contribution in [2.45, 2.75) is 30.6 Å². The molecular weight excluding hydrogens is 421 g/mol. The number of hydrogen-bond acceptors (Lipinski definition) is 6. The number of thioether (sulfide) groups is 1. The van der Waals surface area contributed by atoms with Gasteiger partial charge in [-0.3, -0.25) is 20.0 Å². The van der Waals surface area contributed by atoms with E-state index in [4.69, 9.17) is 0 Å². The second-order valence-electron chi connectivity index (χ2n) is 6.56. The monoisotopic (exact) mass is 436 g/mol. The first-order chi connectivity index (χ1) is 14.2. The molecule has 0 radical (unpaired) electrons. The lowest BCUT2D eigenvalue weighted by Gasteiger charge is -2.38. The molecule has 11 heteroatoms. The maximum atomic E-state index is 13.2. The third-order valence-electron chi connectivity index (χ3n) is 4.39. The summed E-state index contributed by atoms with van der Waals surface area (Å²) in [6.07, 6.45) is -2.88. The molecule has 1 atom stereocenters. The third kappa shape index (κ3) is 4.06. The Kier molecular flexibility index (Phi) is 5.06. The van der Waals surface area contributed by atoms with E-state index < -0.39 is 24.2 Å². The molecule has 7 nitrogen and oxygen atoms in total. The Labute approximate surface area is 173 Å². The largest absolute Gasteiger partial charge is 0.573 e. The fourth-order valence-electron chi connectivity index (χ4n) is 3.24. The summed E-state index contributed by atoms with van der Waals surface area (Å²) >= 11 is 1.02. The van der Waals surface area contributed by atoms with Gasteiger partial charge in [0.1, 0.15) is 11.8 Å². The molecule has 0 aliphatic carbocycles. The number of aromatic nitrogens is 1. The predicted octanol–water partition coefficient (Wildman–Crippen LogP) is 3.73. The lowest BCUT2D eigenvalue weighted by molar-refractivity contribution is -0.274. The maximum Gasteiger partial charge on any atom is 0.573 e. The standard InChI is InChI=1S/C19H15F3N4O3S/c1-10(27)25-26-15(12-4-2-3-7-23-12)9-14-17(18(26)28)30-16-8-11(29-19(20,21)22)5-6-13(16)24-14/h2-8,15,24H,9H2,1H3,(H,25,27). The SMILES string of the molecule is CC(=O)NN1C(=O)C2=C(CC1c1ccccn1)Nc1ccc(OC(F)(F)F)cc1S2. The van der Waals surface area contributed by atoms with Gasteiger partial charge in [0, 0.05) is 30.1 Å². The molecule has 3 heterocycles. The first-order valence-corrected chi connectivity index (χ1v) is 9.62. The van der Waals surface area contributed by atoms with E-state index in [-0.39, 0.29) is 10.7 Å². The smallest absolute Gasteiger partial charge is 0.406 e. The molecule has 1 unspecified atom stereocenters. The van der Waals surface area contributed by atoms with E-state index in [1.165, 1.54) is 30.1 Å². The molecule has 0 fully saturated rings. The van der Waals surface area contributed by atoms with Crippen LogP contribution in [0.5, 0.6) is 5.75 Å². The lowest BCUT2D eigenvalue weighted by atomic mass is 10.0. The highest BCUT2D eigenvalue weighted by Crippen LogP contribution is 2.47. The molecule has 2 aliphatic heterocycles. The molecule has 0 bridgehead atoms. The second-order valence-corrected chi connectivity index (χ2v) is 7.61. The molecule has 156 valence electrons. The number of carbonyl (C=O) groups excluding carboxylic acids is 2. The van der Waals surface area contributed by atoms with E-state index in [2.05, 4.69) is 20.5 Å². The summed E-state index contributed by atoms with van der Waals surface area (Å²) in [5.41, 5.74) is 4.30. The average molecular weight is 436 g/mol. The zero-order chi connectivity index (χ0) is 21.5. The molecule has 2 amide bonds. The number of carbonyl (C=O) groups is 2. The minimum absolute atomic E-state index is 0.285. The Morgan fingerprint density at radius 3 is 2.80 bits per heavy atom. The van der Waals surface area contributed by atoms with E-state index in [9.17, 15) is 22.8 Å². The lowest BCUT2D eigenvalue weighted by Crippen LogP contribution is -2.51. The Bertz CT molecular complexity index is 1040. The summed E-state index contributed by atoms with van der Waals surface area (Å²) in [6, 6.07) is 8.62. The van der Waals surface area contributed by atoms with E-state index in [0.29, 0.717) is 28.4 Å². The molecule has 2 N–H and O–H groups in total. The number of alkyl halides is 3. The van der Waals surface area contributed by atoms with Gasteiger partial charge in [-0.05, 0) is 30.3 Å². The molecule has 0 spiro atoms. The first kappa shape index (κ1) is 20.1. The molecule has 2 aliphatic rings. The molecule has 2 aromatic rings. The fourth-order valence-corrected chi connectivity index (χ4v) is 4.31. The van der Waals surface area contributed by atoms with Crippen LogP contribution < -0.4 is 15.5 Å². The van der Waals surface area contributed by atoms with Gasteiger partial charge in [-0.1, -0.05) is 17.8 Å². The van der Waals surface area contributed by atoms with E-state index >= 15 is 0 Å². The van der Waals surface area contributed by atoms with Gasteiger partial charge in [0.05, 0.1) is 16.3 Å².